The summed E-state index contributed by atoms with van der Waals surface area (Å²) in [5, 5.41) is 27.2. The van der Waals surface area contributed by atoms with Crippen LogP contribution in [0.5, 0.6) is 11.5 Å². The van der Waals surface area contributed by atoms with Crippen molar-refractivity contribution >= 4 is 34.3 Å². The fourth-order valence-electron chi connectivity index (χ4n) is 10.6. The Morgan fingerprint density at radius 2 is 1.77 bits per heavy atom. The normalized spacial score (nSPS) is 25.0. The number of fused-ring (bicyclic) bond motifs is 3. The van der Waals surface area contributed by atoms with Gasteiger partial charge in [-0.1, -0.05) is 90.8 Å². The summed E-state index contributed by atoms with van der Waals surface area (Å²) in [6.45, 7) is 7.80. The van der Waals surface area contributed by atoms with Crippen LogP contribution in [-0.4, -0.2) is 90.4 Å². The minimum Gasteiger partial charge on any atom is -0.493 e. The standard InChI is InChI=1S/C54H66N2O9S/c1-3-30-63-54-49(56(53(59)60-4-2)37-40-20-16-19-38-17-8-9-23-43(38)40)36-47(55-65-50-25-12-15-31-62-50)45-34-39(18-10-13-28-57)44(24-11-14-29-58)51(52(45)54)46-35-41(26-27-48(46)64-54)61-32-33-66-42-21-6-5-7-22-42/h3,5-9,16-17,19-23,26-27,34-35,39,44,49-52,57-58H,1,4,10-15,18,24-25,28-33,36-37H2,2H3. The lowest BCUT2D eigenvalue weighted by molar-refractivity contribution is -0.256. The Morgan fingerprint density at radius 1 is 0.970 bits per heavy atom. The number of rotatable bonds is 22. The molecule has 0 aromatic heterocycles. The molecule has 352 valence electrons. The number of amides is 1. The molecule has 0 radical (unpaired) electrons. The molecule has 66 heavy (non-hydrogen) atoms. The number of allylic oxidation sites excluding steroid dienone is 1. The Morgan fingerprint density at radius 3 is 2.56 bits per heavy atom. The molecule has 1 saturated heterocycles. The van der Waals surface area contributed by atoms with Crippen molar-refractivity contribution in [2.24, 2.45) is 22.9 Å². The molecule has 2 heterocycles. The number of unbranched alkanes of at least 4 members (excludes halogenated alkanes) is 2. The fraction of sp³-hybridized carbons (Fsp3) is 0.481. The lowest BCUT2D eigenvalue weighted by Gasteiger charge is -2.60. The van der Waals surface area contributed by atoms with Gasteiger partial charge in [0.25, 0.3) is 0 Å². The highest BCUT2D eigenvalue weighted by Gasteiger charge is 2.65. The van der Waals surface area contributed by atoms with Gasteiger partial charge in [-0.25, -0.2) is 4.79 Å². The van der Waals surface area contributed by atoms with Crippen LogP contribution in [0.4, 0.5) is 4.79 Å². The largest absolute Gasteiger partial charge is 0.493 e. The molecular formula is C54H66N2O9S. The van der Waals surface area contributed by atoms with Gasteiger partial charge in [0.15, 0.2) is 0 Å². The SMILES string of the molecule is C=CCOC12Oc3ccc(OCCSc4ccccc4)cc3C3C(CCCCO)C(CCCCO)C=C(C(=NOC4CCCCO4)CC1N(Cc1cccc4ccccc14)C(=O)OCC)C32. The maximum Gasteiger partial charge on any atom is 0.410 e. The Bertz CT molecular complexity index is 2280. The van der Waals surface area contributed by atoms with E-state index in [1.807, 2.05) is 55.5 Å². The molecule has 0 bridgehead atoms. The number of hydrogen-bond donors (Lipinski definition) is 2. The molecule has 2 aliphatic carbocycles. The summed E-state index contributed by atoms with van der Waals surface area (Å²) in [5.41, 5.74) is 3.65. The van der Waals surface area contributed by atoms with E-state index in [-0.39, 0.29) is 57.1 Å². The van der Waals surface area contributed by atoms with E-state index in [2.05, 4.69) is 55.1 Å². The molecule has 1 saturated carbocycles. The fourth-order valence-corrected chi connectivity index (χ4v) is 11.4. The van der Waals surface area contributed by atoms with Crippen molar-refractivity contribution in [1.29, 1.82) is 0 Å². The van der Waals surface area contributed by atoms with Gasteiger partial charge in [0, 0.05) is 48.2 Å². The molecule has 0 spiro atoms. The summed E-state index contributed by atoms with van der Waals surface area (Å²) in [6, 6.07) is 30.1. The molecule has 2 N–H and O–H groups in total. The van der Waals surface area contributed by atoms with Gasteiger partial charge in [0.1, 0.15) is 17.5 Å². The third-order valence-corrected chi connectivity index (χ3v) is 14.5. The van der Waals surface area contributed by atoms with Gasteiger partial charge in [-0.15, -0.1) is 18.3 Å². The van der Waals surface area contributed by atoms with E-state index < -0.39 is 30.1 Å². The highest BCUT2D eigenvalue weighted by atomic mass is 32.2. The molecule has 4 aromatic carbocycles. The summed E-state index contributed by atoms with van der Waals surface area (Å²) in [4.78, 5) is 24.1. The van der Waals surface area contributed by atoms with Gasteiger partial charge in [-0.2, -0.15) is 0 Å². The van der Waals surface area contributed by atoms with E-state index in [4.69, 9.17) is 33.7 Å². The second kappa shape index (κ2) is 23.2. The number of carbonyl (C=O) groups excluding carboxylic acids is 1. The number of thioether (sulfide) groups is 1. The van der Waals surface area contributed by atoms with Crippen molar-refractivity contribution in [3.63, 3.8) is 0 Å². The van der Waals surface area contributed by atoms with Gasteiger partial charge < -0.3 is 38.7 Å². The number of oxime groups is 1. The predicted molar refractivity (Wildman–Crippen MR) is 259 cm³/mol. The van der Waals surface area contributed by atoms with Crippen LogP contribution in [0.2, 0.25) is 0 Å². The van der Waals surface area contributed by atoms with Gasteiger partial charge in [-0.05, 0) is 110 Å². The quantitative estimate of drug-likeness (QED) is 0.0340. The first-order chi connectivity index (χ1) is 32.5. The zero-order chi connectivity index (χ0) is 45.7. The molecule has 7 unspecified atom stereocenters. The van der Waals surface area contributed by atoms with Crippen molar-refractivity contribution in [3.8, 4) is 11.5 Å². The molecule has 11 nitrogen and oxygen atoms in total. The van der Waals surface area contributed by atoms with E-state index in [9.17, 15) is 15.0 Å². The highest BCUT2D eigenvalue weighted by Crippen LogP contribution is 2.62. The van der Waals surface area contributed by atoms with Crippen molar-refractivity contribution in [3.05, 3.63) is 126 Å². The number of hydrogen-bond acceptors (Lipinski definition) is 11. The number of ether oxygens (including phenoxy) is 5. The monoisotopic (exact) mass is 918 g/mol. The van der Waals surface area contributed by atoms with E-state index in [1.54, 1.807) is 22.7 Å². The van der Waals surface area contributed by atoms with E-state index >= 15 is 0 Å². The average Bonchev–Trinajstić information content (AvgIpc) is 3.35. The lowest BCUT2D eigenvalue weighted by atomic mass is 9.55. The minimum atomic E-state index is -1.44. The van der Waals surface area contributed by atoms with Crippen molar-refractivity contribution in [2.45, 2.75) is 107 Å². The molecule has 2 fully saturated rings. The second-order valence-corrected chi connectivity index (χ2v) is 18.8. The number of carbonyl (C=O) groups is 1. The third-order valence-electron chi connectivity index (χ3n) is 13.5. The molecular weight excluding hydrogens is 853 g/mol. The summed E-state index contributed by atoms with van der Waals surface area (Å²) in [5.74, 6) is 0.243. The Kier molecular flexibility index (Phi) is 16.8. The average molecular weight is 919 g/mol. The van der Waals surface area contributed by atoms with Crippen molar-refractivity contribution in [2.75, 3.05) is 45.4 Å². The van der Waals surface area contributed by atoms with Gasteiger partial charge >= 0.3 is 6.09 Å². The summed E-state index contributed by atoms with van der Waals surface area (Å²) in [7, 11) is 0. The van der Waals surface area contributed by atoms with E-state index in [1.165, 1.54) is 4.90 Å². The van der Waals surface area contributed by atoms with Crippen molar-refractivity contribution in [1.82, 2.24) is 4.90 Å². The van der Waals surface area contributed by atoms with Gasteiger partial charge in [0.2, 0.25) is 12.1 Å². The molecule has 4 aromatic rings. The maximum atomic E-state index is 14.8. The minimum absolute atomic E-state index is 0.0685. The van der Waals surface area contributed by atoms with Crippen LogP contribution in [-0.2, 0) is 25.6 Å². The first-order valence-corrected chi connectivity index (χ1v) is 25.0. The molecule has 4 aliphatic rings. The maximum absolute atomic E-state index is 14.8. The highest BCUT2D eigenvalue weighted by molar-refractivity contribution is 7.99. The Balaban J connectivity index is 1.29. The molecule has 7 atom stereocenters. The van der Waals surface area contributed by atoms with Crippen LogP contribution in [0.15, 0.2) is 125 Å². The van der Waals surface area contributed by atoms with E-state index in [0.29, 0.717) is 37.5 Å². The van der Waals surface area contributed by atoms with Crippen LogP contribution in [0, 0.1) is 17.8 Å². The predicted octanol–water partition coefficient (Wildman–Crippen LogP) is 10.8. The Hall–Kier alpha value is -4.85. The zero-order valence-corrected chi connectivity index (χ0v) is 39.1. The van der Waals surface area contributed by atoms with Crippen molar-refractivity contribution < 1.29 is 43.5 Å². The summed E-state index contributed by atoms with van der Waals surface area (Å²) < 4.78 is 33.2. The zero-order valence-electron chi connectivity index (χ0n) is 38.3. The third kappa shape index (κ3) is 10.8. The first-order valence-electron chi connectivity index (χ1n) is 24.0. The lowest BCUT2D eigenvalue weighted by Crippen LogP contribution is -2.70. The summed E-state index contributed by atoms with van der Waals surface area (Å²) >= 11 is 1.75. The Labute approximate surface area is 394 Å². The number of aliphatic hydroxyl groups excluding tert-OH is 2. The summed E-state index contributed by atoms with van der Waals surface area (Å²) in [6.07, 6.45) is 10.7. The van der Waals surface area contributed by atoms with Gasteiger partial charge in [-0.3, -0.25) is 4.90 Å². The van der Waals surface area contributed by atoms with Crippen LogP contribution < -0.4 is 9.47 Å². The van der Waals surface area contributed by atoms with Crippen LogP contribution in [0.3, 0.4) is 0 Å². The molecule has 12 heteroatoms. The molecule has 1 amide bonds. The second-order valence-electron chi connectivity index (χ2n) is 17.6. The topological polar surface area (TPSA) is 129 Å². The number of aliphatic hydroxyl groups is 2. The number of benzene rings is 4. The molecule has 2 aliphatic heterocycles. The van der Waals surface area contributed by atoms with Crippen LogP contribution in [0.1, 0.15) is 88.2 Å². The number of nitrogens with zero attached hydrogens (tertiary/aromatic N) is 2. The smallest absolute Gasteiger partial charge is 0.410 e. The first kappa shape index (κ1) is 47.6. The van der Waals surface area contributed by atoms with Gasteiger partial charge in [0.05, 0.1) is 44.6 Å². The van der Waals surface area contributed by atoms with Crippen LogP contribution >= 0.6 is 11.8 Å². The van der Waals surface area contributed by atoms with E-state index in [0.717, 1.165) is 83.9 Å². The molecule has 8 rings (SSSR count). The van der Waals surface area contributed by atoms with Crippen LogP contribution in [0.25, 0.3) is 10.8 Å².